The highest BCUT2D eigenvalue weighted by atomic mass is 16.6. The maximum Gasteiger partial charge on any atom is 0.273 e. The molecule has 6 nitrogen and oxygen atoms in total. The Morgan fingerprint density at radius 1 is 1.27 bits per heavy atom. The number of carbonyl (C=O) groups excluding carboxylic acids is 1. The summed E-state index contributed by atoms with van der Waals surface area (Å²) in [6.45, 7) is 5.25. The standard InChI is InChI=1S/C16H23N3O3/c1-13-6-7-14(12-15(13)19(21)22)16(20)17-8-11-18-9-4-2-3-5-10-18/h6-7,12H,2-5,8-11H2,1H3,(H,17,20). The fraction of sp³-hybridized carbons (Fsp3) is 0.562. The van der Waals surface area contributed by atoms with Crippen molar-refractivity contribution < 1.29 is 9.72 Å². The SMILES string of the molecule is Cc1ccc(C(=O)NCCN2CCCCCC2)cc1[N+](=O)[O-]. The Bertz CT molecular complexity index is 537. The summed E-state index contributed by atoms with van der Waals surface area (Å²) in [4.78, 5) is 24.9. The maximum absolute atomic E-state index is 12.1. The van der Waals surface area contributed by atoms with Crippen molar-refractivity contribution in [3.8, 4) is 0 Å². The molecule has 1 aliphatic rings. The molecule has 1 aromatic rings. The van der Waals surface area contributed by atoms with Crippen LogP contribution in [0.4, 0.5) is 5.69 Å². The number of carbonyl (C=O) groups is 1. The molecule has 1 N–H and O–H groups in total. The van der Waals surface area contributed by atoms with E-state index in [9.17, 15) is 14.9 Å². The summed E-state index contributed by atoms with van der Waals surface area (Å²) in [5, 5.41) is 13.8. The van der Waals surface area contributed by atoms with Gasteiger partial charge in [-0.25, -0.2) is 0 Å². The lowest BCUT2D eigenvalue weighted by Crippen LogP contribution is -2.35. The highest BCUT2D eigenvalue weighted by Crippen LogP contribution is 2.19. The minimum Gasteiger partial charge on any atom is -0.351 e. The average molecular weight is 305 g/mol. The van der Waals surface area contributed by atoms with Crippen LogP contribution >= 0.6 is 0 Å². The lowest BCUT2D eigenvalue weighted by atomic mass is 10.1. The van der Waals surface area contributed by atoms with Gasteiger partial charge in [0.2, 0.25) is 0 Å². The number of hydrogen-bond acceptors (Lipinski definition) is 4. The predicted molar refractivity (Wildman–Crippen MR) is 85.1 cm³/mol. The van der Waals surface area contributed by atoms with Gasteiger partial charge in [-0.05, 0) is 38.9 Å². The first-order valence-corrected chi connectivity index (χ1v) is 7.83. The minimum absolute atomic E-state index is 0.0137. The molecule has 1 aromatic carbocycles. The molecule has 0 unspecified atom stereocenters. The van der Waals surface area contributed by atoms with Crippen LogP contribution in [-0.4, -0.2) is 41.9 Å². The molecular formula is C16H23N3O3. The molecule has 0 saturated carbocycles. The van der Waals surface area contributed by atoms with E-state index in [4.69, 9.17) is 0 Å². The van der Waals surface area contributed by atoms with E-state index in [1.807, 2.05) is 0 Å². The van der Waals surface area contributed by atoms with Crippen molar-refractivity contribution in [1.82, 2.24) is 10.2 Å². The van der Waals surface area contributed by atoms with Crippen LogP contribution in [0.5, 0.6) is 0 Å². The van der Waals surface area contributed by atoms with E-state index in [1.54, 1.807) is 19.1 Å². The third kappa shape index (κ3) is 4.53. The van der Waals surface area contributed by atoms with Crippen molar-refractivity contribution >= 4 is 11.6 Å². The Morgan fingerprint density at radius 3 is 2.59 bits per heavy atom. The Morgan fingerprint density at radius 2 is 1.95 bits per heavy atom. The summed E-state index contributed by atoms with van der Waals surface area (Å²) in [6.07, 6.45) is 5.02. The monoisotopic (exact) mass is 305 g/mol. The van der Waals surface area contributed by atoms with Gasteiger partial charge in [0.1, 0.15) is 0 Å². The molecule has 6 heteroatoms. The zero-order valence-electron chi connectivity index (χ0n) is 13.0. The molecule has 0 atom stereocenters. The summed E-state index contributed by atoms with van der Waals surface area (Å²) in [6, 6.07) is 4.59. The molecule has 1 fully saturated rings. The first-order chi connectivity index (χ1) is 10.6. The van der Waals surface area contributed by atoms with Crippen molar-refractivity contribution in [2.45, 2.75) is 32.6 Å². The Kier molecular flexibility index (Phi) is 5.89. The first-order valence-electron chi connectivity index (χ1n) is 7.83. The van der Waals surface area contributed by atoms with E-state index < -0.39 is 4.92 Å². The summed E-state index contributed by atoms with van der Waals surface area (Å²) in [5.74, 6) is -0.252. The molecule has 1 amide bonds. The first kappa shape index (κ1) is 16.4. The summed E-state index contributed by atoms with van der Waals surface area (Å²) in [7, 11) is 0. The van der Waals surface area contributed by atoms with Crippen molar-refractivity contribution in [2.24, 2.45) is 0 Å². The highest BCUT2D eigenvalue weighted by molar-refractivity contribution is 5.94. The van der Waals surface area contributed by atoms with E-state index in [0.717, 1.165) is 19.6 Å². The van der Waals surface area contributed by atoms with Crippen LogP contribution in [-0.2, 0) is 0 Å². The number of nitro groups is 1. The fourth-order valence-corrected chi connectivity index (χ4v) is 2.74. The predicted octanol–water partition coefficient (Wildman–Crippen LogP) is 2.51. The number of aryl methyl sites for hydroxylation is 1. The average Bonchev–Trinajstić information content (AvgIpc) is 2.76. The van der Waals surface area contributed by atoms with Crippen LogP contribution in [0.1, 0.15) is 41.6 Å². The molecule has 2 rings (SSSR count). The lowest BCUT2D eigenvalue weighted by molar-refractivity contribution is -0.385. The maximum atomic E-state index is 12.1. The van der Waals surface area contributed by atoms with Crippen molar-refractivity contribution in [2.75, 3.05) is 26.2 Å². The zero-order valence-corrected chi connectivity index (χ0v) is 13.0. The molecule has 1 saturated heterocycles. The van der Waals surface area contributed by atoms with Gasteiger partial charge in [0.25, 0.3) is 11.6 Å². The molecule has 0 bridgehead atoms. The lowest BCUT2D eigenvalue weighted by Gasteiger charge is -2.19. The second kappa shape index (κ2) is 7.89. The number of nitrogens with one attached hydrogen (secondary N) is 1. The second-order valence-electron chi connectivity index (χ2n) is 5.77. The minimum atomic E-state index is -0.455. The van der Waals surface area contributed by atoms with Gasteiger partial charge in [-0.1, -0.05) is 18.9 Å². The largest absolute Gasteiger partial charge is 0.351 e. The third-order valence-corrected chi connectivity index (χ3v) is 4.08. The van der Waals surface area contributed by atoms with E-state index in [-0.39, 0.29) is 11.6 Å². The Hall–Kier alpha value is -1.95. The zero-order chi connectivity index (χ0) is 15.9. The van der Waals surface area contributed by atoms with Gasteiger partial charge < -0.3 is 10.2 Å². The van der Waals surface area contributed by atoms with Gasteiger partial charge >= 0.3 is 0 Å². The van der Waals surface area contributed by atoms with Gasteiger partial charge in [-0.15, -0.1) is 0 Å². The van der Waals surface area contributed by atoms with Gasteiger partial charge in [0, 0.05) is 30.3 Å². The Labute approximate surface area is 130 Å². The van der Waals surface area contributed by atoms with Crippen LogP contribution in [0.2, 0.25) is 0 Å². The smallest absolute Gasteiger partial charge is 0.273 e. The molecule has 22 heavy (non-hydrogen) atoms. The van der Waals surface area contributed by atoms with Crippen molar-refractivity contribution in [1.29, 1.82) is 0 Å². The molecule has 120 valence electrons. The van der Waals surface area contributed by atoms with Crippen LogP contribution in [0.15, 0.2) is 18.2 Å². The molecule has 0 spiro atoms. The van der Waals surface area contributed by atoms with Gasteiger partial charge in [0.05, 0.1) is 4.92 Å². The summed E-state index contributed by atoms with van der Waals surface area (Å²) in [5.41, 5.74) is 0.888. The molecule has 0 aromatic heterocycles. The topological polar surface area (TPSA) is 75.5 Å². The van der Waals surface area contributed by atoms with Gasteiger partial charge in [-0.3, -0.25) is 14.9 Å². The second-order valence-corrected chi connectivity index (χ2v) is 5.77. The molecule has 0 radical (unpaired) electrons. The third-order valence-electron chi connectivity index (χ3n) is 4.08. The van der Waals surface area contributed by atoms with E-state index in [1.165, 1.54) is 31.7 Å². The Balaban J connectivity index is 1.86. The highest BCUT2D eigenvalue weighted by Gasteiger charge is 2.15. The van der Waals surface area contributed by atoms with Crippen molar-refractivity contribution in [3.63, 3.8) is 0 Å². The molecule has 1 aliphatic heterocycles. The number of hydrogen-bond donors (Lipinski definition) is 1. The summed E-state index contributed by atoms with van der Waals surface area (Å²) < 4.78 is 0. The van der Waals surface area contributed by atoms with Crippen LogP contribution < -0.4 is 5.32 Å². The normalized spacial score (nSPS) is 16.0. The quantitative estimate of drug-likeness (QED) is 0.670. The van der Waals surface area contributed by atoms with Crippen LogP contribution in [0.25, 0.3) is 0 Å². The number of nitrogens with zero attached hydrogens (tertiary/aromatic N) is 2. The molecular weight excluding hydrogens is 282 g/mol. The number of benzene rings is 1. The fourth-order valence-electron chi connectivity index (χ4n) is 2.74. The number of likely N-dealkylation sites (tertiary alicyclic amines) is 1. The number of amides is 1. The van der Waals surface area contributed by atoms with E-state index in [0.29, 0.717) is 17.7 Å². The van der Waals surface area contributed by atoms with Gasteiger partial charge in [0.15, 0.2) is 0 Å². The van der Waals surface area contributed by atoms with Crippen LogP contribution in [0.3, 0.4) is 0 Å². The van der Waals surface area contributed by atoms with Crippen LogP contribution in [0, 0.1) is 17.0 Å². The summed E-state index contributed by atoms with van der Waals surface area (Å²) >= 11 is 0. The number of nitro benzene ring substituents is 1. The van der Waals surface area contributed by atoms with Crippen molar-refractivity contribution in [3.05, 3.63) is 39.4 Å². The van der Waals surface area contributed by atoms with E-state index >= 15 is 0 Å². The molecule has 1 heterocycles. The molecule has 0 aliphatic carbocycles. The number of rotatable bonds is 5. The van der Waals surface area contributed by atoms with Gasteiger partial charge in [-0.2, -0.15) is 0 Å². The van der Waals surface area contributed by atoms with E-state index in [2.05, 4.69) is 10.2 Å².